The molecule has 0 fully saturated rings. The summed E-state index contributed by atoms with van der Waals surface area (Å²) in [6.07, 6.45) is 0.0337. The molecule has 2 atom stereocenters. The number of ether oxygens (including phenoxy) is 1. The van der Waals surface area contributed by atoms with E-state index >= 15 is 0 Å². The molecule has 0 rings (SSSR count). The lowest BCUT2D eigenvalue weighted by Gasteiger charge is -2.01. The van der Waals surface area contributed by atoms with Crippen LogP contribution in [0.3, 0.4) is 0 Å². The smallest absolute Gasteiger partial charge is 0.139 e. The van der Waals surface area contributed by atoms with E-state index in [1.165, 1.54) is 7.11 Å². The first-order chi connectivity index (χ1) is 4.35. The molecule has 0 amide bonds. The summed E-state index contributed by atoms with van der Waals surface area (Å²) in [7, 11) is 1.47. The Morgan fingerprint density at radius 2 is 3.00 bits per heavy atom. The van der Waals surface area contributed by atoms with Gasteiger partial charge in [-0.25, -0.2) is 0 Å². The molecule has 0 aromatic rings. The van der Waals surface area contributed by atoms with Gasteiger partial charge >= 0.3 is 0 Å². The predicted octanol–water partition coefficient (Wildman–Crippen LogP) is 1.14. The van der Waals surface area contributed by atoms with Gasteiger partial charge in [-0.1, -0.05) is 5.11 Å². The first-order valence-corrected chi connectivity index (χ1v) is 2.77. The Morgan fingerprint density at radius 3 is 3.38 bits per heavy atom. The van der Waals surface area contributed by atoms with Crippen molar-refractivity contribution >= 4 is 9.18 Å². The average molecular weight is 135 g/mol. The molecule has 5 heteroatoms. The molecule has 0 saturated heterocycles. The summed E-state index contributed by atoms with van der Waals surface area (Å²) in [4.78, 5) is 2.55. The summed E-state index contributed by atoms with van der Waals surface area (Å²) in [5, 5.41) is 3.28. The Balaban J connectivity index is 3.53. The van der Waals surface area contributed by atoms with Gasteiger partial charge in [-0.2, -0.15) is 0 Å². The Morgan fingerprint density at radius 1 is 2.25 bits per heavy atom. The maximum Gasteiger partial charge on any atom is 0.139 e. The second-order valence-electron chi connectivity index (χ2n) is 1.10. The van der Waals surface area contributed by atoms with E-state index in [-0.39, 0.29) is 9.18 Å². The molecule has 0 bridgehead atoms. The van der Waals surface area contributed by atoms with Gasteiger partial charge in [-0.15, -0.1) is 9.18 Å². The minimum atomic E-state index is -0.453. The highest BCUT2D eigenvalue weighted by molar-refractivity contribution is 7.16. The van der Waals surface area contributed by atoms with Crippen molar-refractivity contribution in [3.8, 4) is 0 Å². The van der Waals surface area contributed by atoms with Crippen LogP contribution in [-0.4, -0.2) is 20.8 Å². The van der Waals surface area contributed by atoms with E-state index in [0.717, 1.165) is 0 Å². The number of methoxy groups -OCH3 is 1. The number of nitrogens with zero attached hydrogens (tertiary/aromatic N) is 3. The highest BCUT2D eigenvalue weighted by Crippen LogP contribution is 1.96. The zero-order chi connectivity index (χ0) is 7.11. The van der Waals surface area contributed by atoms with Crippen LogP contribution in [0.5, 0.6) is 0 Å². The Hall–Kier alpha value is -0.300. The van der Waals surface area contributed by atoms with Gasteiger partial charge in [0.1, 0.15) is 6.23 Å². The topological polar surface area (TPSA) is 58.0 Å². The van der Waals surface area contributed by atoms with Crippen LogP contribution in [0.2, 0.25) is 0 Å². The molecule has 0 N–H and O–H groups in total. The summed E-state index contributed by atoms with van der Waals surface area (Å²) in [6, 6.07) is 0. The third-order valence-electron chi connectivity index (χ3n) is 0.627. The molecule has 0 aliphatic rings. The highest BCUT2D eigenvalue weighted by atomic mass is 31.0. The van der Waals surface area contributed by atoms with E-state index in [1.807, 2.05) is 0 Å². The molecular weight excluding hydrogens is 125 g/mol. The van der Waals surface area contributed by atoms with Gasteiger partial charge in [-0.05, 0) is 11.7 Å². The van der Waals surface area contributed by atoms with Crippen molar-refractivity contribution in [3.05, 3.63) is 10.4 Å². The van der Waals surface area contributed by atoms with Crippen LogP contribution < -0.4 is 0 Å². The summed E-state index contributed by atoms with van der Waals surface area (Å²) >= 11 is 0. The Bertz CT molecular complexity index is 116. The quantitative estimate of drug-likeness (QED) is 0.247. The first-order valence-electron chi connectivity index (χ1n) is 2.56. The monoisotopic (exact) mass is 135 g/mol. The second-order valence-corrected chi connectivity index (χ2v) is 1.51. The molecule has 0 spiro atoms. The average Bonchev–Trinajstić information content (AvgIpc) is 1.88. The maximum absolute atomic E-state index is 7.91. The van der Waals surface area contributed by atoms with Gasteiger partial charge in [0.05, 0.1) is 1.28 Å². The molecule has 0 heterocycles. The summed E-state index contributed by atoms with van der Waals surface area (Å²) in [6.45, 7) is 0. The lowest BCUT2D eigenvalue weighted by atomic mass is 10.7. The Labute approximate surface area is 51.3 Å². The van der Waals surface area contributed by atoms with Gasteiger partial charge in [0, 0.05) is 12.0 Å². The van der Waals surface area contributed by atoms with Gasteiger partial charge in [0.25, 0.3) is 0 Å². The Kier molecular flexibility index (Phi) is 3.53. The molecule has 0 saturated carbocycles. The molecule has 4 nitrogen and oxygen atoms in total. The molecule has 2 unspecified atom stereocenters. The fourth-order valence-electron chi connectivity index (χ4n) is 0.229. The van der Waals surface area contributed by atoms with Crippen LogP contribution in [0.1, 0.15) is 0 Å². The van der Waals surface area contributed by atoms with Gasteiger partial charge in [0.15, 0.2) is 0 Å². The van der Waals surface area contributed by atoms with Gasteiger partial charge < -0.3 is 4.74 Å². The third-order valence-corrected chi connectivity index (χ3v) is 0.976. The zero-order valence-electron chi connectivity index (χ0n) is 5.53. The molecular formula is C3H8N3OP. The van der Waals surface area contributed by atoms with Crippen LogP contribution in [-0.2, 0) is 4.74 Å². The van der Waals surface area contributed by atoms with Crippen molar-refractivity contribution in [1.29, 1.82) is 1.28 Å². The fourth-order valence-corrected chi connectivity index (χ4v) is 0.477. The predicted molar refractivity (Wildman–Crippen MR) is 34.5 cm³/mol. The minimum Gasteiger partial charge on any atom is -0.375 e. The molecule has 8 heavy (non-hydrogen) atoms. The number of rotatable bonds is 4. The summed E-state index contributed by atoms with van der Waals surface area (Å²) in [5.41, 5.74) is 7.91. The van der Waals surface area contributed by atoms with E-state index in [9.17, 15) is 0 Å². The van der Waals surface area contributed by atoms with Gasteiger partial charge in [0.2, 0.25) is 0 Å². The summed E-state index contributed by atoms with van der Waals surface area (Å²) in [5.74, 6) is 0. The molecule has 46 valence electrons. The van der Waals surface area contributed by atoms with Crippen LogP contribution >= 0.6 is 9.18 Å². The highest BCUT2D eigenvalue weighted by Gasteiger charge is 1.95. The number of azide groups is 1. The van der Waals surface area contributed by atoms with Crippen molar-refractivity contribution in [2.45, 2.75) is 6.23 Å². The first kappa shape index (κ1) is 5.83. The molecule has 0 aromatic carbocycles. The lowest BCUT2D eigenvalue weighted by molar-refractivity contribution is 0.128. The largest absolute Gasteiger partial charge is 0.375 e. The van der Waals surface area contributed by atoms with E-state index in [1.54, 1.807) is 0 Å². The second kappa shape index (κ2) is 4.85. The van der Waals surface area contributed by atoms with E-state index in [4.69, 9.17) is 11.5 Å². The van der Waals surface area contributed by atoms with Crippen molar-refractivity contribution < 1.29 is 4.74 Å². The zero-order valence-corrected chi connectivity index (χ0v) is 5.53. The molecule has 0 aromatic heterocycles. The van der Waals surface area contributed by atoms with E-state index in [0.29, 0.717) is 6.16 Å². The van der Waals surface area contributed by atoms with Crippen molar-refractivity contribution in [3.63, 3.8) is 0 Å². The van der Waals surface area contributed by atoms with Crippen LogP contribution in [0.15, 0.2) is 5.11 Å². The summed E-state index contributed by atoms with van der Waals surface area (Å²) < 4.78 is 11.5. The van der Waals surface area contributed by atoms with E-state index in [2.05, 4.69) is 10.0 Å². The van der Waals surface area contributed by atoms with Crippen LogP contribution in [0, 0.1) is 0 Å². The lowest BCUT2D eigenvalue weighted by Crippen LogP contribution is -2.06. The molecule has 0 aliphatic heterocycles. The van der Waals surface area contributed by atoms with Crippen molar-refractivity contribution in [1.82, 2.24) is 0 Å². The number of hydrogen-bond acceptors (Lipinski definition) is 2. The minimum absolute atomic E-state index is 0.0149. The molecule has 0 aliphatic carbocycles. The number of hydrogen-bond donors (Lipinski definition) is 0. The van der Waals surface area contributed by atoms with Crippen LogP contribution in [0.25, 0.3) is 10.4 Å². The standard InChI is InChI=1S/C3H8N3OP/c1-7-3(2-8)5-6-4/h3H,2,8H2,1H3/i8T. The van der Waals surface area contributed by atoms with E-state index < -0.39 is 6.23 Å². The maximum atomic E-state index is 7.91. The SMILES string of the molecule is [3H]PCC(N=[N+]=[N-])OC. The fraction of sp³-hybridized carbons (Fsp3) is 1.00. The van der Waals surface area contributed by atoms with Crippen LogP contribution in [0.4, 0.5) is 0 Å². The van der Waals surface area contributed by atoms with Crippen molar-refractivity contribution in [2.24, 2.45) is 5.11 Å². The third kappa shape index (κ3) is 2.80. The van der Waals surface area contributed by atoms with Gasteiger partial charge in [-0.3, -0.25) is 0 Å². The molecule has 0 radical (unpaired) electrons. The normalized spacial score (nSPS) is 15.4. The van der Waals surface area contributed by atoms with Crippen molar-refractivity contribution in [2.75, 3.05) is 13.3 Å².